The molecule has 2 amide bonds. The van der Waals surface area contributed by atoms with Gasteiger partial charge < -0.3 is 19.8 Å². The smallest absolute Gasteiger partial charge is 0.283 e. The number of aryl methyl sites for hydroxylation is 1. The third kappa shape index (κ3) is 4.32. The van der Waals surface area contributed by atoms with Crippen molar-refractivity contribution in [1.29, 1.82) is 0 Å². The summed E-state index contributed by atoms with van der Waals surface area (Å²) < 4.78 is 41.8. The minimum Gasteiger partial charge on any atom is -0.507 e. The number of hydrogen-bond donors (Lipinski definition) is 1. The van der Waals surface area contributed by atoms with Gasteiger partial charge in [0, 0.05) is 41.2 Å². The molecule has 0 unspecified atom stereocenters. The average molecular weight is 632 g/mol. The van der Waals surface area contributed by atoms with Crippen LogP contribution in [-0.2, 0) is 9.59 Å². The fraction of sp³-hybridized carbons (Fsp3) is 0.303. The van der Waals surface area contributed by atoms with E-state index in [1.807, 2.05) is 0 Å². The number of benzene rings is 1. The van der Waals surface area contributed by atoms with Crippen molar-refractivity contribution in [3.05, 3.63) is 81.6 Å². The Hall–Kier alpha value is -4.77. The van der Waals surface area contributed by atoms with E-state index in [-0.39, 0.29) is 52.0 Å². The molecule has 1 saturated carbocycles. The number of piperazine rings is 1. The molecule has 3 aliphatic rings. The van der Waals surface area contributed by atoms with Crippen molar-refractivity contribution in [1.82, 2.24) is 19.4 Å². The number of anilines is 2. The molecule has 0 radical (unpaired) electrons. The fourth-order valence-corrected chi connectivity index (χ4v) is 6.76. The van der Waals surface area contributed by atoms with Crippen LogP contribution in [0.15, 0.2) is 54.0 Å². The van der Waals surface area contributed by atoms with Crippen LogP contribution in [0.2, 0.25) is 5.02 Å². The summed E-state index contributed by atoms with van der Waals surface area (Å²) in [5.74, 6) is -2.51. The predicted molar refractivity (Wildman–Crippen MR) is 170 cm³/mol. The molecule has 3 aromatic heterocycles. The number of phenolic OH excluding ortho intramolecular Hbond substituents is 1. The summed E-state index contributed by atoms with van der Waals surface area (Å²) in [4.78, 5) is 54.9. The summed E-state index contributed by atoms with van der Waals surface area (Å²) >= 11 is 6.81. The lowest BCUT2D eigenvalue weighted by Crippen LogP contribution is -2.66. The lowest BCUT2D eigenvalue weighted by molar-refractivity contribution is -0.130. The molecular formula is C33H30ClFN6O4. The zero-order chi connectivity index (χ0) is 34.4. The maximum Gasteiger partial charge on any atom is 0.283 e. The minimum atomic E-state index is -3.10. The largest absolute Gasteiger partial charge is 0.507 e. The van der Waals surface area contributed by atoms with Gasteiger partial charge in [-0.3, -0.25) is 23.9 Å². The zero-order valence-electron chi connectivity index (χ0n) is 27.4. The first kappa shape index (κ1) is 25.5. The number of rotatable bonds is 4. The molecule has 1 N–H and O–H groups in total. The molecule has 45 heavy (non-hydrogen) atoms. The van der Waals surface area contributed by atoms with Gasteiger partial charge in [0.1, 0.15) is 23.3 Å². The van der Waals surface area contributed by atoms with Gasteiger partial charge in [-0.2, -0.15) is 0 Å². The molecule has 10 nitrogen and oxygen atoms in total. The highest BCUT2D eigenvalue weighted by molar-refractivity contribution is 6.34. The van der Waals surface area contributed by atoms with Crippen molar-refractivity contribution in [2.75, 3.05) is 29.9 Å². The van der Waals surface area contributed by atoms with E-state index in [4.69, 9.17) is 20.7 Å². The summed E-state index contributed by atoms with van der Waals surface area (Å²) in [5, 5.41) is 10.8. The van der Waals surface area contributed by atoms with Crippen LogP contribution in [-0.4, -0.2) is 68.5 Å². The highest BCUT2D eigenvalue weighted by atomic mass is 35.5. The first-order valence-corrected chi connectivity index (χ1v) is 14.9. The Morgan fingerprint density at radius 1 is 1.20 bits per heavy atom. The second-order valence-electron chi connectivity index (χ2n) is 11.7. The molecule has 2 fully saturated rings. The lowest BCUT2D eigenvalue weighted by Gasteiger charge is -2.49. The van der Waals surface area contributed by atoms with Crippen molar-refractivity contribution in [3.8, 4) is 22.7 Å². The molecule has 1 saturated heterocycles. The van der Waals surface area contributed by atoms with Gasteiger partial charge in [0.25, 0.3) is 11.5 Å². The van der Waals surface area contributed by atoms with Gasteiger partial charge in [-0.15, -0.1) is 0 Å². The Morgan fingerprint density at radius 2 is 1.98 bits per heavy atom. The van der Waals surface area contributed by atoms with Crippen molar-refractivity contribution < 1.29 is 23.2 Å². The van der Waals surface area contributed by atoms with Crippen LogP contribution >= 0.6 is 11.6 Å². The predicted octanol–water partition coefficient (Wildman–Crippen LogP) is 4.70. The van der Waals surface area contributed by atoms with Crippen molar-refractivity contribution >= 4 is 45.8 Å². The monoisotopic (exact) mass is 631 g/mol. The SMILES string of the molecule is [2H]C([2H])([2H])N1C(=O)[C@H]2CN(C(=O)C=C)[C@H](C)CN2c2c1c(=O)n(-c1c(C)ccnc1C1CC1)c1nc(-c3c(O)cccc3F)c(Cl)cc21. The summed E-state index contributed by atoms with van der Waals surface area (Å²) in [5.41, 5.74) is 0.00234. The number of aromatic nitrogens is 3. The number of halogens is 2. The second kappa shape index (κ2) is 10.4. The molecule has 4 aromatic rings. The Morgan fingerprint density at radius 3 is 2.67 bits per heavy atom. The Kier molecular flexibility index (Phi) is 5.91. The van der Waals surface area contributed by atoms with E-state index in [1.54, 1.807) is 31.0 Å². The minimum absolute atomic E-state index is 0.00496. The third-order valence-corrected chi connectivity index (χ3v) is 9.12. The number of phenols is 1. The van der Waals surface area contributed by atoms with E-state index in [9.17, 15) is 14.7 Å². The molecular weight excluding hydrogens is 599 g/mol. The molecule has 1 aliphatic carbocycles. The maximum absolute atomic E-state index is 15.3. The summed E-state index contributed by atoms with van der Waals surface area (Å²) in [7, 11) is 0. The molecule has 7 rings (SSSR count). The van der Waals surface area contributed by atoms with Crippen LogP contribution in [0, 0.1) is 12.7 Å². The van der Waals surface area contributed by atoms with Crippen LogP contribution in [0.4, 0.5) is 15.8 Å². The van der Waals surface area contributed by atoms with Crippen molar-refractivity contribution in [2.24, 2.45) is 0 Å². The standard InChI is InChI=1S/C33H30ClFN6O4/c1-5-24(43)39-15-22-32(44)38(4)30-29(40(22)14-17(39)3)19-13-20(34)27(25-21(35)7-6-8-23(25)42)37-31(19)41(33(30)45)28-16(2)11-12-36-26(28)18-9-10-18/h5-8,11-13,17-18,22,42H,1,9-10,14-15H2,2-4H3/t17-,22-/m1/s1/i4D3. The number of amides is 2. The number of nitrogens with zero attached hydrogens (tertiary/aromatic N) is 6. The van der Waals surface area contributed by atoms with E-state index in [0.29, 0.717) is 21.8 Å². The topological polar surface area (TPSA) is 112 Å². The normalized spacial score (nSPS) is 20.8. The zero-order valence-corrected chi connectivity index (χ0v) is 25.2. The summed E-state index contributed by atoms with van der Waals surface area (Å²) in [6.07, 6.45) is 4.39. The highest BCUT2D eigenvalue weighted by Gasteiger charge is 2.46. The van der Waals surface area contributed by atoms with E-state index >= 15 is 9.18 Å². The van der Waals surface area contributed by atoms with Crippen LogP contribution in [0.3, 0.4) is 0 Å². The first-order valence-electron chi connectivity index (χ1n) is 16.0. The quantitative estimate of drug-likeness (QED) is 0.325. The van der Waals surface area contributed by atoms with Crippen LogP contribution in [0.1, 0.15) is 41.1 Å². The molecule has 2 aliphatic heterocycles. The third-order valence-electron chi connectivity index (χ3n) is 8.84. The van der Waals surface area contributed by atoms with E-state index in [1.165, 1.54) is 27.7 Å². The molecule has 2 atom stereocenters. The number of likely N-dealkylation sites (N-methyl/N-ethyl adjacent to an activating group) is 1. The van der Waals surface area contributed by atoms with Crippen LogP contribution in [0.25, 0.3) is 28.0 Å². The fourth-order valence-electron chi connectivity index (χ4n) is 6.51. The van der Waals surface area contributed by atoms with Gasteiger partial charge in [-0.25, -0.2) is 9.37 Å². The average Bonchev–Trinajstić information content (AvgIpc) is 3.87. The lowest BCUT2D eigenvalue weighted by atomic mass is 9.98. The van der Waals surface area contributed by atoms with Gasteiger partial charge in [-0.1, -0.05) is 24.2 Å². The van der Waals surface area contributed by atoms with Gasteiger partial charge in [0.05, 0.1) is 39.9 Å². The number of carbonyl (C=O) groups is 2. The first-order chi connectivity index (χ1) is 22.7. The maximum atomic E-state index is 15.3. The summed E-state index contributed by atoms with van der Waals surface area (Å²) in [6, 6.07) is 5.26. The molecule has 12 heteroatoms. The van der Waals surface area contributed by atoms with Gasteiger partial charge in [-0.05, 0) is 62.6 Å². The molecule has 0 bridgehead atoms. The highest BCUT2D eigenvalue weighted by Crippen LogP contribution is 2.46. The Bertz CT molecular complexity index is 2120. The molecule has 5 heterocycles. The number of hydrogen-bond acceptors (Lipinski definition) is 7. The number of carbonyl (C=O) groups excluding carboxylic acids is 2. The van der Waals surface area contributed by atoms with Crippen LogP contribution in [0.5, 0.6) is 5.75 Å². The molecule has 0 spiro atoms. The second-order valence-corrected chi connectivity index (χ2v) is 12.1. The number of pyridine rings is 3. The number of fused-ring (bicyclic) bond motifs is 5. The number of aromatic hydroxyl groups is 1. The van der Waals surface area contributed by atoms with E-state index in [0.717, 1.165) is 25.0 Å². The Balaban J connectivity index is 1.64. The summed E-state index contributed by atoms with van der Waals surface area (Å²) in [6.45, 7) is 3.89. The van der Waals surface area contributed by atoms with E-state index < -0.39 is 53.7 Å². The Labute approximate surface area is 267 Å². The van der Waals surface area contributed by atoms with Crippen molar-refractivity contribution in [3.63, 3.8) is 0 Å². The van der Waals surface area contributed by atoms with Gasteiger partial charge in [0.2, 0.25) is 5.91 Å². The van der Waals surface area contributed by atoms with E-state index in [2.05, 4.69) is 11.6 Å². The van der Waals surface area contributed by atoms with Crippen molar-refractivity contribution in [2.45, 2.75) is 44.7 Å². The van der Waals surface area contributed by atoms with Gasteiger partial charge in [0.15, 0.2) is 5.65 Å². The molecule has 230 valence electrons. The van der Waals surface area contributed by atoms with Gasteiger partial charge >= 0.3 is 0 Å². The van der Waals surface area contributed by atoms with Crippen LogP contribution < -0.4 is 15.4 Å². The molecule has 1 aromatic carbocycles.